The SMILES string of the molecule is N#CC1(c2ccc(C(=O)N3C[C@@H]4C[C@H]3CS4)cc2)CC1. The van der Waals surface area contributed by atoms with Crippen LogP contribution < -0.4 is 0 Å². The smallest absolute Gasteiger partial charge is 0.254 e. The van der Waals surface area contributed by atoms with E-state index < -0.39 is 0 Å². The number of rotatable bonds is 2. The highest BCUT2D eigenvalue weighted by atomic mass is 32.2. The highest BCUT2D eigenvalue weighted by Crippen LogP contribution is 2.47. The number of nitrogens with zero attached hydrogens (tertiary/aromatic N) is 2. The number of benzene rings is 1. The Morgan fingerprint density at radius 1 is 1.35 bits per heavy atom. The Morgan fingerprint density at radius 2 is 2.10 bits per heavy atom. The molecule has 2 atom stereocenters. The number of amides is 1. The molecule has 0 radical (unpaired) electrons. The minimum absolute atomic E-state index is 0.158. The summed E-state index contributed by atoms with van der Waals surface area (Å²) in [6.45, 7) is 0.901. The maximum Gasteiger partial charge on any atom is 0.254 e. The summed E-state index contributed by atoms with van der Waals surface area (Å²) in [6, 6.07) is 10.6. The summed E-state index contributed by atoms with van der Waals surface area (Å²) in [5.74, 6) is 1.25. The monoisotopic (exact) mass is 284 g/mol. The van der Waals surface area contributed by atoms with Crippen LogP contribution in [0.25, 0.3) is 0 Å². The number of hydrogen-bond donors (Lipinski definition) is 0. The molecule has 2 bridgehead atoms. The second-order valence-electron chi connectivity index (χ2n) is 6.07. The van der Waals surface area contributed by atoms with E-state index >= 15 is 0 Å². The average Bonchev–Trinajstić information content (AvgIpc) is 3.01. The zero-order chi connectivity index (χ0) is 13.7. The Morgan fingerprint density at radius 3 is 2.60 bits per heavy atom. The lowest BCUT2D eigenvalue weighted by Crippen LogP contribution is -2.39. The van der Waals surface area contributed by atoms with Gasteiger partial charge in [-0.05, 0) is 37.0 Å². The van der Waals surface area contributed by atoms with Crippen molar-refractivity contribution in [3.8, 4) is 6.07 Å². The van der Waals surface area contributed by atoms with Gasteiger partial charge in [-0.3, -0.25) is 4.79 Å². The number of carbonyl (C=O) groups excluding carboxylic acids is 1. The number of thioether (sulfide) groups is 1. The first-order chi connectivity index (χ1) is 9.72. The van der Waals surface area contributed by atoms with Crippen LogP contribution in [-0.2, 0) is 5.41 Å². The predicted molar refractivity (Wildman–Crippen MR) is 78.7 cm³/mol. The maximum absolute atomic E-state index is 12.5. The minimum Gasteiger partial charge on any atom is -0.334 e. The Balaban J connectivity index is 1.54. The number of likely N-dealkylation sites (tertiary alicyclic amines) is 1. The van der Waals surface area contributed by atoms with Crippen molar-refractivity contribution in [2.75, 3.05) is 12.3 Å². The van der Waals surface area contributed by atoms with Crippen LogP contribution >= 0.6 is 11.8 Å². The first-order valence-electron chi connectivity index (χ1n) is 7.16. The predicted octanol–water partition coefficient (Wildman–Crippen LogP) is 2.57. The number of fused-ring (bicyclic) bond motifs is 2. The Kier molecular flexibility index (Phi) is 2.62. The molecule has 1 aliphatic carbocycles. The van der Waals surface area contributed by atoms with Gasteiger partial charge in [-0.25, -0.2) is 0 Å². The molecular weight excluding hydrogens is 268 g/mol. The van der Waals surface area contributed by atoms with Gasteiger partial charge in [0, 0.05) is 29.2 Å². The molecule has 1 aromatic carbocycles. The molecule has 2 saturated heterocycles. The molecule has 4 rings (SSSR count). The third-order valence-electron chi connectivity index (χ3n) is 4.81. The van der Waals surface area contributed by atoms with Crippen LogP contribution in [0.2, 0.25) is 0 Å². The van der Waals surface area contributed by atoms with Crippen molar-refractivity contribution < 1.29 is 4.79 Å². The first-order valence-corrected chi connectivity index (χ1v) is 8.21. The van der Waals surface area contributed by atoms with Crippen LogP contribution in [0.3, 0.4) is 0 Å². The maximum atomic E-state index is 12.5. The topological polar surface area (TPSA) is 44.1 Å². The normalized spacial score (nSPS) is 29.2. The van der Waals surface area contributed by atoms with Crippen molar-refractivity contribution in [2.24, 2.45) is 0 Å². The molecule has 2 aliphatic heterocycles. The molecule has 0 N–H and O–H groups in total. The van der Waals surface area contributed by atoms with E-state index in [2.05, 4.69) is 6.07 Å². The van der Waals surface area contributed by atoms with E-state index in [1.54, 1.807) is 0 Å². The molecule has 3 nitrogen and oxygen atoms in total. The molecule has 1 amide bonds. The van der Waals surface area contributed by atoms with Gasteiger partial charge in [0.15, 0.2) is 0 Å². The Labute approximate surface area is 123 Å². The second-order valence-corrected chi connectivity index (χ2v) is 7.41. The van der Waals surface area contributed by atoms with E-state index in [-0.39, 0.29) is 11.3 Å². The molecule has 102 valence electrons. The standard InChI is InChI=1S/C16H16N2OS/c17-10-16(5-6-16)12-3-1-11(2-4-12)15(19)18-8-14-7-13(18)9-20-14/h1-4,13-14H,5-9H2/t13-,14-/m0/s1. The quantitative estimate of drug-likeness (QED) is 0.838. The zero-order valence-corrected chi connectivity index (χ0v) is 12.0. The molecule has 3 fully saturated rings. The lowest BCUT2D eigenvalue weighted by atomic mass is 9.96. The van der Waals surface area contributed by atoms with Gasteiger partial charge >= 0.3 is 0 Å². The van der Waals surface area contributed by atoms with Gasteiger partial charge in [-0.1, -0.05) is 12.1 Å². The summed E-state index contributed by atoms with van der Waals surface area (Å²) >= 11 is 2.00. The van der Waals surface area contributed by atoms with E-state index in [1.807, 2.05) is 40.9 Å². The molecule has 0 aromatic heterocycles. The summed E-state index contributed by atoms with van der Waals surface area (Å²) in [7, 11) is 0. The van der Waals surface area contributed by atoms with Gasteiger partial charge < -0.3 is 4.90 Å². The minimum atomic E-state index is -0.259. The summed E-state index contributed by atoms with van der Waals surface area (Å²) in [5.41, 5.74) is 1.57. The Bertz CT molecular complexity index is 600. The van der Waals surface area contributed by atoms with E-state index in [0.717, 1.165) is 42.7 Å². The number of nitriles is 1. The van der Waals surface area contributed by atoms with Crippen LogP contribution in [0.4, 0.5) is 0 Å². The van der Waals surface area contributed by atoms with Crippen molar-refractivity contribution in [3.05, 3.63) is 35.4 Å². The summed E-state index contributed by atoms with van der Waals surface area (Å²) in [4.78, 5) is 14.6. The van der Waals surface area contributed by atoms with E-state index in [0.29, 0.717) is 11.3 Å². The summed E-state index contributed by atoms with van der Waals surface area (Å²) in [6.07, 6.45) is 3.06. The fourth-order valence-electron chi connectivity index (χ4n) is 3.34. The third kappa shape index (κ3) is 1.76. The van der Waals surface area contributed by atoms with Gasteiger partial charge in [-0.15, -0.1) is 0 Å². The molecule has 20 heavy (non-hydrogen) atoms. The molecule has 1 saturated carbocycles. The highest BCUT2D eigenvalue weighted by molar-refractivity contribution is 8.00. The van der Waals surface area contributed by atoms with Crippen LogP contribution in [-0.4, -0.2) is 34.4 Å². The van der Waals surface area contributed by atoms with Crippen molar-refractivity contribution in [3.63, 3.8) is 0 Å². The molecule has 0 unspecified atom stereocenters. The molecule has 4 heteroatoms. The molecule has 3 aliphatic rings. The van der Waals surface area contributed by atoms with Crippen LogP contribution in [0, 0.1) is 11.3 Å². The molecule has 0 spiro atoms. The summed E-state index contributed by atoms with van der Waals surface area (Å²) < 4.78 is 0. The molecule has 1 aromatic rings. The number of hydrogen-bond acceptors (Lipinski definition) is 3. The summed E-state index contributed by atoms with van der Waals surface area (Å²) in [5, 5.41) is 9.85. The van der Waals surface area contributed by atoms with Gasteiger partial charge in [0.2, 0.25) is 0 Å². The van der Waals surface area contributed by atoms with Gasteiger partial charge in [0.25, 0.3) is 5.91 Å². The van der Waals surface area contributed by atoms with E-state index in [9.17, 15) is 10.1 Å². The van der Waals surface area contributed by atoms with Crippen LogP contribution in [0.5, 0.6) is 0 Å². The van der Waals surface area contributed by atoms with Crippen molar-refractivity contribution in [2.45, 2.75) is 36.0 Å². The van der Waals surface area contributed by atoms with Crippen molar-refractivity contribution >= 4 is 17.7 Å². The van der Waals surface area contributed by atoms with Gasteiger partial charge in [0.1, 0.15) is 0 Å². The molecular formula is C16H16N2OS. The molecule has 2 heterocycles. The van der Waals surface area contributed by atoms with Gasteiger partial charge in [-0.2, -0.15) is 17.0 Å². The third-order valence-corrected chi connectivity index (χ3v) is 6.20. The first kappa shape index (κ1) is 12.3. The second kappa shape index (κ2) is 4.26. The largest absolute Gasteiger partial charge is 0.334 e. The van der Waals surface area contributed by atoms with E-state index in [4.69, 9.17) is 0 Å². The lowest BCUT2D eigenvalue weighted by Gasteiger charge is -2.26. The Hall–Kier alpha value is -1.47. The zero-order valence-electron chi connectivity index (χ0n) is 11.2. The highest BCUT2D eigenvalue weighted by Gasteiger charge is 2.45. The lowest BCUT2D eigenvalue weighted by molar-refractivity contribution is 0.0747. The van der Waals surface area contributed by atoms with Crippen LogP contribution in [0.1, 0.15) is 35.2 Å². The fourth-order valence-corrected chi connectivity index (χ4v) is 4.77. The van der Waals surface area contributed by atoms with Gasteiger partial charge in [0.05, 0.1) is 11.5 Å². The van der Waals surface area contributed by atoms with Crippen molar-refractivity contribution in [1.29, 1.82) is 5.26 Å². The number of carbonyl (C=O) groups is 1. The van der Waals surface area contributed by atoms with Crippen LogP contribution in [0.15, 0.2) is 24.3 Å². The average molecular weight is 284 g/mol. The van der Waals surface area contributed by atoms with Crippen molar-refractivity contribution in [1.82, 2.24) is 4.90 Å². The van der Waals surface area contributed by atoms with E-state index in [1.165, 1.54) is 0 Å². The fraction of sp³-hybridized carbons (Fsp3) is 0.500.